The van der Waals surface area contributed by atoms with Crippen LogP contribution in [0.1, 0.15) is 131 Å². The van der Waals surface area contributed by atoms with Crippen LogP contribution in [0, 0.1) is 5.82 Å². The first-order valence-corrected chi connectivity index (χ1v) is 51.1. The van der Waals surface area contributed by atoms with Crippen molar-refractivity contribution in [3.63, 3.8) is 0 Å². The Labute approximate surface area is 832 Å². The molecule has 14 aromatic rings. The molecule has 7 aliphatic rings. The lowest BCUT2D eigenvalue weighted by atomic mass is 9.90. The van der Waals surface area contributed by atoms with Gasteiger partial charge in [0.15, 0.2) is 0 Å². The maximum absolute atomic E-state index is 14.2. The van der Waals surface area contributed by atoms with Gasteiger partial charge in [-0.05, 0) is 340 Å². The molecule has 20 nitrogen and oxygen atoms in total. The lowest BCUT2D eigenvalue weighted by Gasteiger charge is -2.37. The van der Waals surface area contributed by atoms with Crippen molar-refractivity contribution in [1.29, 1.82) is 0 Å². The Morgan fingerprint density at radius 3 is 1.14 bits per heavy atom. The molecule has 29 heteroatoms. The molecule has 4 aliphatic heterocycles. The van der Waals surface area contributed by atoms with Gasteiger partial charge in [-0.25, -0.2) is 29.6 Å². The van der Waals surface area contributed by atoms with Crippen molar-refractivity contribution >= 4 is 128 Å². The highest BCUT2D eigenvalue weighted by atomic mass is 35.5. The number of fused-ring (bicyclic) bond motifs is 9. The van der Waals surface area contributed by atoms with E-state index in [1.807, 2.05) is 164 Å². The maximum Gasteiger partial charge on any atom is 0.262 e. The average molecular weight is 2020 g/mol. The number of halogens is 6. The molecule has 710 valence electrons. The number of aromatic nitrogens is 1. The van der Waals surface area contributed by atoms with E-state index in [-0.39, 0.29) is 26.5 Å². The van der Waals surface area contributed by atoms with Gasteiger partial charge in [-0.15, -0.1) is 0 Å². The van der Waals surface area contributed by atoms with E-state index in [1.54, 1.807) is 161 Å². The summed E-state index contributed by atoms with van der Waals surface area (Å²) in [7, 11) is -0.337. The summed E-state index contributed by atoms with van der Waals surface area (Å²) < 4.78 is 141. The summed E-state index contributed by atoms with van der Waals surface area (Å²) in [6, 6.07) is 84.0. The molecule has 139 heavy (non-hydrogen) atoms. The number of para-hydroxylation sites is 1. The molecule has 0 saturated carbocycles. The number of amides is 1. The van der Waals surface area contributed by atoms with Crippen molar-refractivity contribution in [3.05, 3.63) is 417 Å². The van der Waals surface area contributed by atoms with Gasteiger partial charge >= 0.3 is 0 Å². The first kappa shape index (κ1) is 96.7. The summed E-state index contributed by atoms with van der Waals surface area (Å²) in [4.78, 5) is 30.5. The van der Waals surface area contributed by atoms with Crippen LogP contribution >= 0.6 is 58.0 Å². The van der Waals surface area contributed by atoms with Crippen LogP contribution in [0.4, 0.5) is 4.39 Å². The summed E-state index contributed by atoms with van der Waals surface area (Å²) in [6.07, 6.45) is 4.51. The number of benzene rings is 13. The number of hydrogen-bond donors (Lipinski definition) is 0. The van der Waals surface area contributed by atoms with Crippen LogP contribution in [0.2, 0.25) is 25.1 Å². The number of methoxy groups -OCH3 is 7. The molecule has 0 saturated heterocycles. The molecule has 1 aromatic heterocycles. The van der Waals surface area contributed by atoms with E-state index in [9.17, 15) is 39.2 Å². The number of carbonyl (C=O) groups is 2. The zero-order chi connectivity index (χ0) is 97.5. The predicted molar refractivity (Wildman–Crippen MR) is 542 cm³/mol. The molecular weight excluding hydrogens is 1920 g/mol. The average Bonchev–Trinajstić information content (AvgIpc) is 1.56. The first-order chi connectivity index (χ1) is 67.1. The Hall–Kier alpha value is -12.5. The van der Waals surface area contributed by atoms with Crippen LogP contribution in [0.3, 0.4) is 0 Å². The molecule has 5 heterocycles. The summed E-state index contributed by atoms with van der Waals surface area (Å²) in [5.41, 5.74) is 20.5. The van der Waals surface area contributed by atoms with E-state index in [2.05, 4.69) is 0 Å². The number of carbonyl (C=O) groups excluding carboxylic acids is 2. The van der Waals surface area contributed by atoms with Crippen LogP contribution < -0.4 is 33.2 Å². The summed E-state index contributed by atoms with van der Waals surface area (Å²) in [5.74, 6) is 3.39. The fourth-order valence-corrected chi connectivity index (χ4v) is 25.9. The standard InChI is InChI=1S/C32H23Cl2FN2O3.3C26H24ClNO4S/c1-40-25-13-6-19(7-14-25)29-30-26(16-17-36(29)31(38)20-4-11-24(35)12-5-20)27-18-23(34)10-15-28(27)37(30)32(39)21-2-8-22(33)9-3-21;1-31-20-7-4-17(5-8-20)26-25-15-18-3-6-19(27)16-24(18)23(25)13-14-28(26)33(29,30)22-11-9-21(32-2)10-12-22;1-31-20-10-7-17(8-11-20)26-25-14-18-6-9-19(27)15-24(18)23(25)12-13-28(26)33(29,30)22-5-3-4-21(16-22)32-2;1-31-20-11-8-17(9-12-20)26-23-15-18-7-10-19(27)16-22(18)21(23)13-14-28(26)33(29,30)25-6-4-3-5-24(25)32-2/h2-15,18,29H,16-17H2,1H3;3-12,16,26H,13-15H2,1-2H3;3-11,15-16,26H,12-14H2,1-2H3;3-12,16,26H,13-15H2,1-2H3. The fraction of sp³-hybridized carbons (Fsp3) is 0.200. The second-order valence-electron chi connectivity index (χ2n) is 34.2. The van der Waals surface area contributed by atoms with Crippen LogP contribution in [0.15, 0.2) is 323 Å². The van der Waals surface area contributed by atoms with Gasteiger partial charge in [0.2, 0.25) is 30.1 Å². The Bertz CT molecular complexity index is 7560. The molecule has 13 aromatic carbocycles. The Balaban J connectivity index is 0.000000123. The van der Waals surface area contributed by atoms with Crippen LogP contribution in [0.25, 0.3) is 27.6 Å². The number of ether oxygens (including phenoxy) is 7. The van der Waals surface area contributed by atoms with Crippen molar-refractivity contribution in [2.75, 3.05) is 75.9 Å². The van der Waals surface area contributed by atoms with E-state index in [4.69, 9.17) is 91.2 Å². The van der Waals surface area contributed by atoms with Gasteiger partial charge in [-0.2, -0.15) is 12.9 Å². The zero-order valence-electron chi connectivity index (χ0n) is 76.7. The smallest absolute Gasteiger partial charge is 0.262 e. The third-order valence-electron chi connectivity index (χ3n) is 26.7. The largest absolute Gasteiger partial charge is 0.497 e. The van der Waals surface area contributed by atoms with Gasteiger partial charge in [0.25, 0.3) is 11.8 Å². The topological polar surface area (TPSA) is 219 Å². The minimum absolute atomic E-state index is 0.175. The van der Waals surface area contributed by atoms with E-state index in [1.165, 1.54) is 71.9 Å². The molecule has 1 amide bonds. The molecule has 4 atom stereocenters. The van der Waals surface area contributed by atoms with Gasteiger partial charge in [0.1, 0.15) is 51.0 Å². The SMILES string of the molecule is COc1ccc(C2C3=C(CCN2S(=O)(=O)c2ccc(OC)cc2)c2cc(Cl)ccc2C3)cc1.COc1ccc(C2C3=C(CCN2S(=O)(=O)c2cccc(OC)c2)c2cc(Cl)ccc2C3)cc1.COc1ccc(C2C3=C(CCN2S(=O)(=O)c2ccccc2OC)c2cc(Cl)ccc2C3)cc1.COc1ccc(C2c3c(c4cc(Cl)ccc4n3C(=O)c3ccc(Cl)cc3)CCN2C(=O)c2ccc(F)cc2)cc1. The first-order valence-electron chi connectivity index (χ1n) is 44.9. The second kappa shape index (κ2) is 40.7. The molecule has 0 fully saturated rings. The number of hydrogen-bond acceptors (Lipinski definition) is 15. The van der Waals surface area contributed by atoms with E-state index >= 15 is 0 Å². The van der Waals surface area contributed by atoms with Crippen molar-refractivity contribution in [3.8, 4) is 40.2 Å². The Morgan fingerprint density at radius 2 is 0.705 bits per heavy atom. The normalized spacial score (nSPS) is 17.1. The minimum atomic E-state index is -3.84. The monoisotopic (exact) mass is 2020 g/mol. The number of rotatable bonds is 19. The van der Waals surface area contributed by atoms with Crippen molar-refractivity contribution in [2.45, 2.75) is 83.8 Å². The van der Waals surface area contributed by atoms with Gasteiger partial charge < -0.3 is 38.1 Å². The van der Waals surface area contributed by atoms with E-state index in [0.717, 1.165) is 83.9 Å². The van der Waals surface area contributed by atoms with Gasteiger partial charge in [0.05, 0.1) is 94.9 Å². The molecular formula is C110H95Cl5FN5O15S3. The molecule has 0 spiro atoms. The highest BCUT2D eigenvalue weighted by molar-refractivity contribution is 7.89. The molecule has 21 rings (SSSR count). The van der Waals surface area contributed by atoms with Crippen molar-refractivity contribution < 1.29 is 72.4 Å². The van der Waals surface area contributed by atoms with Gasteiger partial charge in [-0.3, -0.25) is 14.2 Å². The highest BCUT2D eigenvalue weighted by Crippen LogP contribution is 2.54. The third-order valence-corrected chi connectivity index (χ3v) is 33.5. The summed E-state index contributed by atoms with van der Waals surface area (Å²) in [6.45, 7) is 1.51. The maximum atomic E-state index is 14.2. The minimum Gasteiger partial charge on any atom is -0.497 e. The predicted octanol–water partition coefficient (Wildman–Crippen LogP) is 24.1. The number of nitrogens with zero attached hydrogens (tertiary/aromatic N) is 5. The third kappa shape index (κ3) is 19.1. The van der Waals surface area contributed by atoms with Gasteiger partial charge in [-0.1, -0.05) is 143 Å². The molecule has 0 N–H and O–H groups in total. The van der Waals surface area contributed by atoms with Crippen LogP contribution in [-0.4, -0.2) is 135 Å². The van der Waals surface area contributed by atoms with Crippen molar-refractivity contribution in [2.24, 2.45) is 0 Å². The summed E-state index contributed by atoms with van der Waals surface area (Å²) in [5, 5.41) is 4.00. The lowest BCUT2D eigenvalue weighted by molar-refractivity contribution is 0.0683. The zero-order valence-corrected chi connectivity index (χ0v) is 82.9. The highest BCUT2D eigenvalue weighted by Gasteiger charge is 2.47. The van der Waals surface area contributed by atoms with E-state index < -0.39 is 60.1 Å². The van der Waals surface area contributed by atoms with Crippen LogP contribution in [0.5, 0.6) is 40.2 Å². The molecule has 0 radical (unpaired) electrons. The van der Waals surface area contributed by atoms with E-state index in [0.29, 0.717) is 142 Å². The lowest BCUT2D eigenvalue weighted by Crippen LogP contribution is -2.42. The van der Waals surface area contributed by atoms with Gasteiger partial charge in [0, 0.05) is 73.9 Å². The Morgan fingerprint density at radius 1 is 0.331 bits per heavy atom. The Kier molecular flexibility index (Phi) is 28.3. The quantitative estimate of drug-likeness (QED) is 0.0735. The van der Waals surface area contributed by atoms with Crippen LogP contribution in [-0.2, 0) is 55.8 Å². The number of sulfonamides is 3. The molecule has 4 unspecified atom stereocenters. The summed E-state index contributed by atoms with van der Waals surface area (Å²) >= 11 is 31.4. The fourth-order valence-electron chi connectivity index (χ4n) is 20.1. The molecule has 0 bridgehead atoms. The van der Waals surface area contributed by atoms with Crippen molar-refractivity contribution in [1.82, 2.24) is 22.4 Å². The molecule has 3 aliphatic carbocycles. The second-order valence-corrected chi connectivity index (χ2v) is 42.0.